The number of hydrogen-bond acceptors (Lipinski definition) is 4. The van der Waals surface area contributed by atoms with Crippen LogP contribution in [-0.2, 0) is 19.6 Å². The number of halogens is 1. The molecule has 0 N–H and O–H groups in total. The summed E-state index contributed by atoms with van der Waals surface area (Å²) in [5.74, 6) is 0.534. The monoisotopic (exact) mass is 447 g/mol. The van der Waals surface area contributed by atoms with Crippen molar-refractivity contribution in [3.63, 3.8) is 0 Å². The number of allylic oxidation sites excluding steroid dienone is 1. The zero-order valence-corrected chi connectivity index (χ0v) is 18.7. The van der Waals surface area contributed by atoms with Gasteiger partial charge in [-0.15, -0.1) is 0 Å². The van der Waals surface area contributed by atoms with Gasteiger partial charge in [-0.05, 0) is 79.7 Å². The SMILES string of the molecule is O=c1cc(OCc2ccc(Cl)cn2)ccn1C1=Cc2ccc(CN3CCCC3)cc2CC1. The maximum atomic E-state index is 12.8. The second-order valence-electron chi connectivity index (χ2n) is 8.48. The van der Waals surface area contributed by atoms with Crippen LogP contribution in [0.4, 0.5) is 0 Å². The van der Waals surface area contributed by atoms with Crippen LogP contribution < -0.4 is 10.3 Å². The molecule has 2 aromatic heterocycles. The summed E-state index contributed by atoms with van der Waals surface area (Å²) in [7, 11) is 0. The van der Waals surface area contributed by atoms with Crippen LogP contribution in [0.2, 0.25) is 5.02 Å². The molecule has 3 heterocycles. The lowest BCUT2D eigenvalue weighted by molar-refractivity contribution is 0.300. The largest absolute Gasteiger partial charge is 0.487 e. The fraction of sp³-hybridized carbons (Fsp3) is 0.308. The van der Waals surface area contributed by atoms with E-state index in [1.165, 1.54) is 48.7 Å². The summed E-state index contributed by atoms with van der Waals surface area (Å²) in [6.45, 7) is 3.74. The van der Waals surface area contributed by atoms with Gasteiger partial charge in [0.2, 0.25) is 0 Å². The predicted molar refractivity (Wildman–Crippen MR) is 128 cm³/mol. The van der Waals surface area contributed by atoms with Crippen molar-refractivity contribution in [3.8, 4) is 5.75 Å². The summed E-state index contributed by atoms with van der Waals surface area (Å²) >= 11 is 5.86. The second-order valence-corrected chi connectivity index (χ2v) is 8.92. The standard InChI is InChI=1S/C26H26ClN3O2/c27-22-6-7-23(28-16-22)18-32-25-9-12-30(26(31)15-25)24-8-5-20-13-19(3-4-21(20)14-24)17-29-10-1-2-11-29/h3-4,6-7,9,12-16H,1-2,5,8,10-11,17-18H2. The molecule has 1 saturated heterocycles. The summed E-state index contributed by atoms with van der Waals surface area (Å²) in [6.07, 6.45) is 9.93. The molecular formula is C26H26ClN3O2. The van der Waals surface area contributed by atoms with Gasteiger partial charge in [0.1, 0.15) is 12.4 Å². The maximum Gasteiger partial charge on any atom is 0.258 e. The minimum atomic E-state index is -0.0908. The van der Waals surface area contributed by atoms with Crippen molar-refractivity contribution in [1.29, 1.82) is 0 Å². The Hall–Kier alpha value is -2.89. The van der Waals surface area contributed by atoms with E-state index >= 15 is 0 Å². The van der Waals surface area contributed by atoms with Gasteiger partial charge in [-0.1, -0.05) is 29.8 Å². The first-order valence-electron chi connectivity index (χ1n) is 11.2. The Balaban J connectivity index is 1.29. The molecule has 6 heteroatoms. The van der Waals surface area contributed by atoms with E-state index in [0.29, 0.717) is 10.8 Å². The molecule has 5 rings (SSSR count). The first-order valence-corrected chi connectivity index (χ1v) is 11.5. The van der Waals surface area contributed by atoms with E-state index < -0.39 is 0 Å². The van der Waals surface area contributed by atoms with Gasteiger partial charge < -0.3 is 4.74 Å². The number of aromatic nitrogens is 2. The molecular weight excluding hydrogens is 422 g/mol. The molecule has 0 amide bonds. The Morgan fingerprint density at radius 1 is 1.03 bits per heavy atom. The van der Waals surface area contributed by atoms with Gasteiger partial charge in [-0.2, -0.15) is 0 Å². The van der Waals surface area contributed by atoms with Gasteiger partial charge >= 0.3 is 0 Å². The number of hydrogen-bond donors (Lipinski definition) is 0. The van der Waals surface area contributed by atoms with E-state index in [0.717, 1.165) is 30.8 Å². The molecule has 0 saturated carbocycles. The molecule has 1 aliphatic carbocycles. The summed E-state index contributed by atoms with van der Waals surface area (Å²) in [4.78, 5) is 19.5. The van der Waals surface area contributed by atoms with Crippen LogP contribution in [0.25, 0.3) is 11.8 Å². The van der Waals surface area contributed by atoms with Crippen LogP contribution in [0.3, 0.4) is 0 Å². The molecule has 0 spiro atoms. The average Bonchev–Trinajstić information content (AvgIpc) is 3.31. The first kappa shape index (κ1) is 21.0. The molecule has 5 nitrogen and oxygen atoms in total. The maximum absolute atomic E-state index is 12.8. The van der Waals surface area contributed by atoms with Crippen molar-refractivity contribution < 1.29 is 4.74 Å². The zero-order chi connectivity index (χ0) is 21.9. The molecule has 32 heavy (non-hydrogen) atoms. The Kier molecular flexibility index (Phi) is 6.10. The van der Waals surface area contributed by atoms with E-state index in [2.05, 4.69) is 34.2 Å². The van der Waals surface area contributed by atoms with E-state index in [-0.39, 0.29) is 12.2 Å². The number of nitrogens with zero attached hydrogens (tertiary/aromatic N) is 3. The molecule has 164 valence electrons. The van der Waals surface area contributed by atoms with Crippen LogP contribution in [0, 0.1) is 0 Å². The summed E-state index contributed by atoms with van der Waals surface area (Å²) in [6, 6.07) is 13.7. The lowest BCUT2D eigenvalue weighted by atomic mass is 9.93. The van der Waals surface area contributed by atoms with Crippen LogP contribution in [-0.4, -0.2) is 27.5 Å². The second kappa shape index (κ2) is 9.31. The summed E-state index contributed by atoms with van der Waals surface area (Å²) < 4.78 is 7.45. The third kappa shape index (κ3) is 4.79. The lowest BCUT2D eigenvalue weighted by Gasteiger charge is -2.20. The Bertz CT molecular complexity index is 1190. The Labute approximate surface area is 192 Å². The number of pyridine rings is 2. The minimum absolute atomic E-state index is 0.0908. The van der Waals surface area contributed by atoms with Gasteiger partial charge in [-0.3, -0.25) is 19.2 Å². The van der Waals surface area contributed by atoms with Gasteiger partial charge in [0.05, 0.1) is 10.7 Å². The van der Waals surface area contributed by atoms with Crippen molar-refractivity contribution in [2.45, 2.75) is 38.8 Å². The molecule has 0 atom stereocenters. The molecule has 1 fully saturated rings. The fourth-order valence-corrected chi connectivity index (χ4v) is 4.57. The quantitative estimate of drug-likeness (QED) is 0.532. The predicted octanol–water partition coefficient (Wildman–Crippen LogP) is 5.02. The van der Waals surface area contributed by atoms with E-state index in [1.807, 2.05) is 12.1 Å². The summed E-state index contributed by atoms with van der Waals surface area (Å²) in [5.41, 5.74) is 5.64. The van der Waals surface area contributed by atoms with Crippen molar-refractivity contribution in [1.82, 2.24) is 14.5 Å². The molecule has 2 aliphatic rings. The molecule has 0 unspecified atom stereocenters. The zero-order valence-electron chi connectivity index (χ0n) is 18.0. The van der Waals surface area contributed by atoms with Crippen molar-refractivity contribution in [3.05, 3.63) is 92.6 Å². The molecule has 0 radical (unpaired) electrons. The number of benzene rings is 1. The highest BCUT2D eigenvalue weighted by Gasteiger charge is 2.16. The highest BCUT2D eigenvalue weighted by atomic mass is 35.5. The number of fused-ring (bicyclic) bond motifs is 1. The molecule has 1 aromatic carbocycles. The molecule has 3 aromatic rings. The highest BCUT2D eigenvalue weighted by Crippen LogP contribution is 2.28. The Morgan fingerprint density at radius 3 is 2.69 bits per heavy atom. The van der Waals surface area contributed by atoms with Crippen LogP contribution in [0.5, 0.6) is 5.75 Å². The van der Waals surface area contributed by atoms with Gasteiger partial charge in [0.25, 0.3) is 5.56 Å². The van der Waals surface area contributed by atoms with Crippen LogP contribution in [0.1, 0.15) is 41.6 Å². The first-order chi connectivity index (χ1) is 15.6. The molecule has 1 aliphatic heterocycles. The number of aryl methyl sites for hydroxylation is 1. The number of likely N-dealkylation sites (tertiary alicyclic amines) is 1. The smallest absolute Gasteiger partial charge is 0.258 e. The van der Waals surface area contributed by atoms with E-state index in [1.54, 1.807) is 23.0 Å². The van der Waals surface area contributed by atoms with Gasteiger partial charge in [0.15, 0.2) is 0 Å². The number of ether oxygens (including phenoxy) is 1. The van der Waals surface area contributed by atoms with Crippen molar-refractivity contribution in [2.24, 2.45) is 0 Å². The third-order valence-corrected chi connectivity index (χ3v) is 6.38. The lowest BCUT2D eigenvalue weighted by Crippen LogP contribution is -2.20. The highest BCUT2D eigenvalue weighted by molar-refractivity contribution is 6.30. The van der Waals surface area contributed by atoms with Crippen molar-refractivity contribution in [2.75, 3.05) is 13.1 Å². The number of rotatable bonds is 6. The molecule has 0 bridgehead atoms. The minimum Gasteiger partial charge on any atom is -0.487 e. The fourth-order valence-electron chi connectivity index (χ4n) is 4.46. The van der Waals surface area contributed by atoms with Crippen molar-refractivity contribution >= 4 is 23.4 Å². The topological polar surface area (TPSA) is 47.4 Å². The normalized spacial score (nSPS) is 16.0. The van der Waals surface area contributed by atoms with E-state index in [9.17, 15) is 4.79 Å². The average molecular weight is 448 g/mol. The van der Waals surface area contributed by atoms with Gasteiger partial charge in [0, 0.05) is 30.7 Å². The Morgan fingerprint density at radius 2 is 1.91 bits per heavy atom. The van der Waals surface area contributed by atoms with E-state index in [4.69, 9.17) is 16.3 Å². The van der Waals surface area contributed by atoms with Gasteiger partial charge in [-0.25, -0.2) is 0 Å². The van der Waals surface area contributed by atoms with Crippen LogP contribution >= 0.6 is 11.6 Å². The third-order valence-electron chi connectivity index (χ3n) is 6.16. The van der Waals surface area contributed by atoms with Crippen LogP contribution in [0.15, 0.2) is 59.7 Å². The summed E-state index contributed by atoms with van der Waals surface area (Å²) in [5, 5.41) is 0.585.